The van der Waals surface area contributed by atoms with Crippen LogP contribution < -0.4 is 0 Å². The van der Waals surface area contributed by atoms with Crippen LogP contribution in [-0.2, 0) is 4.74 Å². The summed E-state index contributed by atoms with van der Waals surface area (Å²) in [5, 5.41) is 0. The van der Waals surface area contributed by atoms with Crippen molar-refractivity contribution in [1.29, 1.82) is 0 Å². The number of hydrogen-bond acceptors (Lipinski definition) is 3. The number of amides is 1. The lowest BCUT2D eigenvalue weighted by atomic mass is 9.83. The highest BCUT2D eigenvalue weighted by atomic mass is 16.6. The fraction of sp³-hybridized carbons (Fsp3) is 0.333. The first-order valence-electron chi connectivity index (χ1n) is 12.4. The van der Waals surface area contributed by atoms with Crippen LogP contribution in [0.3, 0.4) is 0 Å². The molecule has 2 bridgehead atoms. The van der Waals surface area contributed by atoms with E-state index in [-0.39, 0.29) is 24.1 Å². The lowest BCUT2D eigenvalue weighted by Gasteiger charge is -2.44. The van der Waals surface area contributed by atoms with E-state index in [1.165, 1.54) is 33.4 Å². The van der Waals surface area contributed by atoms with Crippen molar-refractivity contribution >= 4 is 11.7 Å². The van der Waals surface area contributed by atoms with Crippen LogP contribution in [0.15, 0.2) is 66.7 Å². The molecule has 4 nitrogen and oxygen atoms in total. The Morgan fingerprint density at radius 1 is 0.941 bits per heavy atom. The average molecular weight is 451 g/mol. The van der Waals surface area contributed by atoms with Crippen LogP contribution in [-0.4, -0.2) is 34.7 Å². The lowest BCUT2D eigenvalue weighted by Crippen LogP contribution is -2.52. The van der Waals surface area contributed by atoms with Crippen molar-refractivity contribution in [2.24, 2.45) is 0 Å². The number of rotatable bonds is 3. The first-order valence-corrected chi connectivity index (χ1v) is 12.4. The van der Waals surface area contributed by atoms with E-state index in [1.807, 2.05) is 11.8 Å². The number of fused-ring (bicyclic) bond motifs is 5. The Morgan fingerprint density at radius 2 is 1.65 bits per heavy atom. The van der Waals surface area contributed by atoms with Crippen LogP contribution in [0.4, 0.5) is 4.79 Å². The van der Waals surface area contributed by atoms with Gasteiger partial charge < -0.3 is 4.74 Å². The summed E-state index contributed by atoms with van der Waals surface area (Å²) in [5.74, 6) is 0.0911. The summed E-state index contributed by atoms with van der Waals surface area (Å²) in [6, 6.07) is 21.5. The maximum atomic E-state index is 13.4. The van der Waals surface area contributed by atoms with Gasteiger partial charge in [0.1, 0.15) is 6.61 Å². The van der Waals surface area contributed by atoms with E-state index in [2.05, 4.69) is 78.6 Å². The Labute approximate surface area is 201 Å². The van der Waals surface area contributed by atoms with Crippen molar-refractivity contribution in [1.82, 2.24) is 9.88 Å². The highest BCUT2D eigenvalue weighted by Crippen LogP contribution is 2.45. The number of aromatic nitrogens is 1. The molecule has 1 aliphatic carbocycles. The molecule has 0 spiro atoms. The number of ether oxygens (including phenoxy) is 1. The molecule has 1 fully saturated rings. The van der Waals surface area contributed by atoms with Crippen LogP contribution in [0.1, 0.15) is 59.7 Å². The zero-order valence-corrected chi connectivity index (χ0v) is 19.8. The average Bonchev–Trinajstić information content (AvgIpc) is 3.15. The Balaban J connectivity index is 1.23. The molecule has 34 heavy (non-hydrogen) atoms. The number of carbonyl (C=O) groups excluding carboxylic acids is 1. The Morgan fingerprint density at radius 3 is 2.32 bits per heavy atom. The van der Waals surface area contributed by atoms with Crippen molar-refractivity contribution in [2.75, 3.05) is 6.61 Å². The lowest BCUT2D eigenvalue weighted by molar-refractivity contribution is 0.0539. The minimum absolute atomic E-state index is 0.0911. The van der Waals surface area contributed by atoms with Gasteiger partial charge in [0.2, 0.25) is 0 Å². The maximum absolute atomic E-state index is 13.4. The Kier molecular flexibility index (Phi) is 5.24. The number of benzene rings is 2. The van der Waals surface area contributed by atoms with Crippen LogP contribution in [0, 0.1) is 13.8 Å². The van der Waals surface area contributed by atoms with Crippen LogP contribution in [0.2, 0.25) is 0 Å². The third kappa shape index (κ3) is 3.53. The zero-order chi connectivity index (χ0) is 23.2. The molecular formula is C30H30N2O2. The third-order valence-electron chi connectivity index (χ3n) is 7.75. The predicted octanol–water partition coefficient (Wildman–Crippen LogP) is 6.66. The molecule has 2 atom stereocenters. The van der Waals surface area contributed by atoms with Gasteiger partial charge in [0, 0.05) is 23.3 Å². The first kappa shape index (κ1) is 21.2. The summed E-state index contributed by atoms with van der Waals surface area (Å²) >= 11 is 0. The fourth-order valence-corrected chi connectivity index (χ4v) is 6.21. The van der Waals surface area contributed by atoms with E-state index in [4.69, 9.17) is 4.74 Å². The first-order chi connectivity index (χ1) is 16.6. The number of aryl methyl sites for hydroxylation is 2. The van der Waals surface area contributed by atoms with Gasteiger partial charge in [0.05, 0.1) is 6.04 Å². The number of nitrogens with zero attached hydrogens (tertiary/aromatic N) is 2. The SMILES string of the molecule is Cc1ccc(C2=CC3CCCC(C2)N3C(=O)OCC2c3ccccc3-c3ccccc32)c(C)n1. The number of piperidine rings is 1. The molecule has 0 saturated carbocycles. The molecule has 6 rings (SSSR count). The van der Waals surface area contributed by atoms with Gasteiger partial charge in [0.15, 0.2) is 0 Å². The summed E-state index contributed by atoms with van der Waals surface area (Å²) in [6.45, 7) is 4.48. The third-order valence-corrected chi connectivity index (χ3v) is 7.75. The van der Waals surface area contributed by atoms with E-state index in [9.17, 15) is 4.79 Å². The maximum Gasteiger partial charge on any atom is 0.410 e. The molecule has 3 heterocycles. The quantitative estimate of drug-likeness (QED) is 0.448. The van der Waals surface area contributed by atoms with Gasteiger partial charge >= 0.3 is 6.09 Å². The second kappa shape index (κ2) is 8.43. The molecule has 1 saturated heterocycles. The predicted molar refractivity (Wildman–Crippen MR) is 135 cm³/mol. The van der Waals surface area contributed by atoms with E-state index in [0.29, 0.717) is 6.61 Å². The summed E-state index contributed by atoms with van der Waals surface area (Å²) in [5.41, 5.74) is 9.65. The highest BCUT2D eigenvalue weighted by Gasteiger charge is 2.39. The van der Waals surface area contributed by atoms with Gasteiger partial charge in [-0.2, -0.15) is 0 Å². The van der Waals surface area contributed by atoms with Crippen LogP contribution in [0.5, 0.6) is 0 Å². The van der Waals surface area contributed by atoms with Crippen LogP contribution >= 0.6 is 0 Å². The van der Waals surface area contributed by atoms with E-state index < -0.39 is 0 Å². The van der Waals surface area contributed by atoms with Gasteiger partial charge in [-0.3, -0.25) is 9.88 Å². The molecule has 1 amide bonds. The number of pyridine rings is 1. The summed E-state index contributed by atoms with van der Waals surface area (Å²) in [7, 11) is 0. The molecule has 2 aliphatic heterocycles. The molecule has 1 aromatic heterocycles. The Hall–Kier alpha value is -3.40. The molecule has 4 heteroatoms. The minimum atomic E-state index is -0.175. The minimum Gasteiger partial charge on any atom is -0.448 e. The summed E-state index contributed by atoms with van der Waals surface area (Å²) in [6.07, 6.45) is 6.14. The highest BCUT2D eigenvalue weighted by molar-refractivity contribution is 5.79. The monoisotopic (exact) mass is 450 g/mol. The second-order valence-electron chi connectivity index (χ2n) is 9.84. The van der Waals surface area contributed by atoms with Crippen molar-refractivity contribution in [3.8, 4) is 11.1 Å². The molecule has 0 N–H and O–H groups in total. The van der Waals surface area contributed by atoms with Crippen molar-refractivity contribution < 1.29 is 9.53 Å². The van der Waals surface area contributed by atoms with Gasteiger partial charge in [-0.1, -0.05) is 60.7 Å². The van der Waals surface area contributed by atoms with E-state index >= 15 is 0 Å². The normalized spacial score (nSPS) is 21.0. The van der Waals surface area contributed by atoms with Gasteiger partial charge in [0.25, 0.3) is 0 Å². The number of hydrogen-bond donors (Lipinski definition) is 0. The van der Waals surface area contributed by atoms with Gasteiger partial charge in [-0.15, -0.1) is 0 Å². The molecule has 2 unspecified atom stereocenters. The molecule has 2 aromatic carbocycles. The topological polar surface area (TPSA) is 42.4 Å². The van der Waals surface area contributed by atoms with E-state index in [1.54, 1.807) is 0 Å². The van der Waals surface area contributed by atoms with Crippen molar-refractivity contribution in [3.05, 3.63) is 94.8 Å². The second-order valence-corrected chi connectivity index (χ2v) is 9.84. The Bertz CT molecular complexity index is 1250. The molecule has 0 radical (unpaired) electrons. The van der Waals surface area contributed by atoms with Crippen molar-refractivity contribution in [3.63, 3.8) is 0 Å². The standard InChI is InChI=1S/C30H30N2O2/c1-19-14-15-24(20(2)31-19)21-16-22-8-7-9-23(17-21)32(22)30(33)34-18-29-27-12-5-3-10-25(27)26-11-4-6-13-28(26)29/h3-6,10-16,22-23,29H,7-9,17-18H2,1-2H3. The molecular weight excluding hydrogens is 420 g/mol. The molecule has 3 aliphatic rings. The van der Waals surface area contributed by atoms with Crippen LogP contribution in [0.25, 0.3) is 16.7 Å². The number of carbonyl (C=O) groups is 1. The smallest absolute Gasteiger partial charge is 0.410 e. The van der Waals surface area contributed by atoms with Gasteiger partial charge in [-0.25, -0.2) is 4.79 Å². The largest absolute Gasteiger partial charge is 0.448 e. The van der Waals surface area contributed by atoms with E-state index in [0.717, 1.165) is 37.1 Å². The summed E-state index contributed by atoms with van der Waals surface area (Å²) < 4.78 is 6.04. The summed E-state index contributed by atoms with van der Waals surface area (Å²) in [4.78, 5) is 20.1. The molecule has 3 aromatic rings. The molecule has 172 valence electrons. The zero-order valence-electron chi connectivity index (χ0n) is 19.8. The van der Waals surface area contributed by atoms with Crippen molar-refractivity contribution in [2.45, 2.75) is 57.5 Å². The van der Waals surface area contributed by atoms with Gasteiger partial charge in [-0.05, 0) is 79.0 Å². The fourth-order valence-electron chi connectivity index (χ4n) is 6.21.